The van der Waals surface area contributed by atoms with E-state index in [2.05, 4.69) is 79.0 Å². The van der Waals surface area contributed by atoms with E-state index in [-0.39, 0.29) is 0 Å². The van der Waals surface area contributed by atoms with Crippen LogP contribution in [0.3, 0.4) is 0 Å². The molecule has 0 unspecified atom stereocenters. The zero-order valence-corrected chi connectivity index (χ0v) is 22.4. The fraction of sp³-hybridized carbons (Fsp3) is 1.00. The highest BCUT2D eigenvalue weighted by Gasteiger charge is 1.96. The molecule has 0 aliphatic carbocycles. The molecule has 0 atom stereocenters. The average Bonchev–Trinajstić information content (AvgIpc) is 2.33. The minimum absolute atomic E-state index is 0.892. The Bertz CT molecular complexity index is 336. The summed E-state index contributed by atoms with van der Waals surface area (Å²) in [4.78, 5) is 45.3. The maximum atomic E-state index is 7.56. The Kier molecular flexibility index (Phi) is 27.7. The Morgan fingerprint density at radius 1 is 0.464 bits per heavy atom. The second-order valence-electron chi connectivity index (χ2n) is 8.46. The minimum atomic E-state index is -3.81. The van der Waals surface area contributed by atoms with E-state index in [1.54, 1.807) is 0 Å². The lowest BCUT2D eigenvalue weighted by molar-refractivity contribution is 0.361. The topological polar surface area (TPSA) is 121 Å². The van der Waals surface area contributed by atoms with Crippen LogP contribution in [-0.4, -0.2) is 29.4 Å². The summed E-state index contributed by atoms with van der Waals surface area (Å²) in [5.74, 6) is 3.57. The highest BCUT2D eigenvalue weighted by molar-refractivity contribution is 8.06. The Morgan fingerprint density at radius 3 is 0.643 bits per heavy atom. The number of rotatable bonds is 8. The van der Waals surface area contributed by atoms with E-state index < -0.39 is 13.4 Å². The molecule has 176 valence electrons. The van der Waals surface area contributed by atoms with Crippen molar-refractivity contribution >= 4 is 37.1 Å². The van der Waals surface area contributed by atoms with Crippen LogP contribution in [-0.2, 0) is 23.6 Å². The van der Waals surface area contributed by atoms with Crippen molar-refractivity contribution in [2.45, 2.75) is 93.9 Å². The van der Waals surface area contributed by atoms with E-state index in [0.717, 1.165) is 23.7 Å². The molecule has 0 bridgehead atoms. The summed E-state index contributed by atoms with van der Waals surface area (Å²) < 4.78 is 0. The molecule has 0 saturated heterocycles. The first-order chi connectivity index (χ1) is 12.3. The van der Waals surface area contributed by atoms with Gasteiger partial charge in [-0.05, 0) is 47.3 Å². The second-order valence-corrected chi connectivity index (χ2v) is 13.5. The van der Waals surface area contributed by atoms with E-state index in [1.807, 2.05) is 0 Å². The molecule has 0 saturated carbocycles. The Balaban J connectivity index is -0.000000143. The van der Waals surface area contributed by atoms with Crippen LogP contribution in [0, 0.1) is 23.7 Å². The quantitative estimate of drug-likeness (QED) is 0.256. The standard InChI is InChI=1S/2C9H20.2H3O3PS/c2*1-8(2)6-5-7-9(3)4;2*1-4(2,3)5/h2*8-9H,5-7H2,1-4H3;2*(H3,1,2,3,5). The molecule has 6 N–H and O–H groups in total. The van der Waals surface area contributed by atoms with Crippen molar-refractivity contribution in [2.75, 3.05) is 0 Å². The van der Waals surface area contributed by atoms with Gasteiger partial charge in [-0.2, -0.15) is 0 Å². The Hall–Kier alpha value is 1.06. The summed E-state index contributed by atoms with van der Waals surface area (Å²) >= 11 is 7.21. The summed E-state index contributed by atoms with van der Waals surface area (Å²) in [6.07, 6.45) is 8.43. The third-order valence-electron chi connectivity index (χ3n) is 3.13. The first-order valence-corrected chi connectivity index (χ1v) is 15.1. The van der Waals surface area contributed by atoms with Crippen molar-refractivity contribution in [2.24, 2.45) is 23.7 Å². The smallest absolute Gasteiger partial charge is 0.319 e. The average molecular weight is 485 g/mol. The van der Waals surface area contributed by atoms with Crippen molar-refractivity contribution in [1.82, 2.24) is 0 Å². The highest BCUT2D eigenvalue weighted by atomic mass is 32.5. The number of hydrogen-bond acceptors (Lipinski definition) is 2. The molecule has 6 nitrogen and oxygen atoms in total. The van der Waals surface area contributed by atoms with Crippen LogP contribution in [0.5, 0.6) is 0 Å². The van der Waals surface area contributed by atoms with Gasteiger partial charge in [0.25, 0.3) is 0 Å². The first kappa shape index (κ1) is 36.4. The fourth-order valence-corrected chi connectivity index (χ4v) is 1.87. The summed E-state index contributed by atoms with van der Waals surface area (Å²) in [6.45, 7) is 10.7. The molecular formula is C18H46O6P2S2. The molecule has 0 aromatic heterocycles. The van der Waals surface area contributed by atoms with Gasteiger partial charge in [-0.25, -0.2) is 0 Å². The SMILES string of the molecule is CC(C)CCCC(C)C.CC(C)CCCC(C)C.OP(O)(O)=S.OP(O)(O)=S. The lowest BCUT2D eigenvalue weighted by Gasteiger charge is -2.05. The maximum Gasteiger partial charge on any atom is 0.319 e. The van der Waals surface area contributed by atoms with Gasteiger partial charge in [-0.1, -0.05) is 93.9 Å². The maximum absolute atomic E-state index is 7.56. The van der Waals surface area contributed by atoms with E-state index in [9.17, 15) is 0 Å². The van der Waals surface area contributed by atoms with Crippen LogP contribution in [0.15, 0.2) is 0 Å². The zero-order valence-electron chi connectivity index (χ0n) is 18.9. The van der Waals surface area contributed by atoms with E-state index in [0.29, 0.717) is 0 Å². The summed E-state index contributed by atoms with van der Waals surface area (Å²) in [6, 6.07) is 0. The zero-order chi connectivity index (χ0) is 23.6. The van der Waals surface area contributed by atoms with Crippen LogP contribution in [0.1, 0.15) is 93.9 Å². The van der Waals surface area contributed by atoms with Crippen LogP contribution in [0.2, 0.25) is 0 Å². The van der Waals surface area contributed by atoms with Gasteiger partial charge in [0.2, 0.25) is 0 Å². The van der Waals surface area contributed by atoms with Crippen LogP contribution < -0.4 is 0 Å². The van der Waals surface area contributed by atoms with Gasteiger partial charge < -0.3 is 29.4 Å². The third-order valence-corrected chi connectivity index (χ3v) is 3.13. The van der Waals surface area contributed by atoms with Crippen LogP contribution >= 0.6 is 13.4 Å². The molecule has 10 heteroatoms. The molecule has 0 aromatic rings. The lowest BCUT2D eigenvalue weighted by atomic mass is 10.0. The van der Waals surface area contributed by atoms with Crippen molar-refractivity contribution in [3.05, 3.63) is 0 Å². The number of hydrogen-bond donors (Lipinski definition) is 6. The predicted octanol–water partition coefficient (Wildman–Crippen LogP) is 5.31. The van der Waals surface area contributed by atoms with Crippen molar-refractivity contribution in [3.63, 3.8) is 0 Å². The van der Waals surface area contributed by atoms with E-state index in [1.165, 1.54) is 38.5 Å². The highest BCUT2D eigenvalue weighted by Crippen LogP contribution is 2.27. The molecule has 0 heterocycles. The summed E-state index contributed by atoms with van der Waals surface area (Å²) in [5, 5.41) is 0. The Morgan fingerprint density at radius 2 is 0.571 bits per heavy atom. The van der Waals surface area contributed by atoms with E-state index in [4.69, 9.17) is 29.4 Å². The molecule has 28 heavy (non-hydrogen) atoms. The molecule has 0 spiro atoms. The van der Waals surface area contributed by atoms with Gasteiger partial charge in [0.15, 0.2) is 0 Å². The predicted molar refractivity (Wildman–Crippen MR) is 129 cm³/mol. The molecular weight excluding hydrogens is 438 g/mol. The van der Waals surface area contributed by atoms with E-state index >= 15 is 0 Å². The van der Waals surface area contributed by atoms with Gasteiger partial charge >= 0.3 is 13.4 Å². The molecule has 0 radical (unpaired) electrons. The van der Waals surface area contributed by atoms with Crippen LogP contribution in [0.4, 0.5) is 0 Å². The molecule has 0 aromatic carbocycles. The molecule has 0 rings (SSSR count). The summed E-state index contributed by atoms with van der Waals surface area (Å²) in [5.41, 5.74) is 0. The van der Waals surface area contributed by atoms with Gasteiger partial charge in [0.05, 0.1) is 0 Å². The van der Waals surface area contributed by atoms with Gasteiger partial charge in [0, 0.05) is 0 Å². The fourth-order valence-electron chi connectivity index (χ4n) is 1.87. The molecule has 0 amide bonds. The lowest BCUT2D eigenvalue weighted by Crippen LogP contribution is -1.91. The molecule has 0 aliphatic rings. The normalized spacial score (nSPS) is 11.5. The van der Waals surface area contributed by atoms with Crippen molar-refractivity contribution < 1.29 is 29.4 Å². The monoisotopic (exact) mass is 484 g/mol. The molecule has 0 fully saturated rings. The molecule has 0 aliphatic heterocycles. The minimum Gasteiger partial charge on any atom is -0.325 e. The third kappa shape index (κ3) is 108. The van der Waals surface area contributed by atoms with Crippen molar-refractivity contribution in [1.29, 1.82) is 0 Å². The van der Waals surface area contributed by atoms with Gasteiger partial charge in [-0.15, -0.1) is 0 Å². The largest absolute Gasteiger partial charge is 0.325 e. The Labute approximate surface area is 183 Å². The summed E-state index contributed by atoms with van der Waals surface area (Å²) in [7, 11) is 0. The second kappa shape index (κ2) is 21.3. The van der Waals surface area contributed by atoms with Gasteiger partial charge in [-0.3, -0.25) is 0 Å². The van der Waals surface area contributed by atoms with Crippen LogP contribution in [0.25, 0.3) is 0 Å². The van der Waals surface area contributed by atoms with Crippen molar-refractivity contribution in [3.8, 4) is 0 Å². The first-order valence-electron chi connectivity index (χ1n) is 9.82. The van der Waals surface area contributed by atoms with Gasteiger partial charge in [0.1, 0.15) is 0 Å².